The molecule has 0 aliphatic heterocycles. The van der Waals surface area contributed by atoms with E-state index in [9.17, 15) is 13.2 Å². The Hall–Kier alpha value is -2.44. The molecule has 0 spiro atoms. The molecule has 0 saturated carbocycles. The molecule has 0 aliphatic carbocycles. The highest BCUT2D eigenvalue weighted by Gasteiger charge is 2.06. The van der Waals surface area contributed by atoms with Crippen LogP contribution in [0.3, 0.4) is 0 Å². The third-order valence-electron chi connectivity index (χ3n) is 3.22. The first-order valence-electron chi connectivity index (χ1n) is 6.99. The minimum atomic E-state index is -3.69. The third-order valence-corrected chi connectivity index (χ3v) is 4.15. The van der Waals surface area contributed by atoms with Crippen LogP contribution in [0.5, 0.6) is 0 Å². The van der Waals surface area contributed by atoms with E-state index in [-0.39, 0.29) is 10.8 Å². The Balaban J connectivity index is 1.90. The van der Waals surface area contributed by atoms with Crippen LogP contribution in [0.15, 0.2) is 59.5 Å². The van der Waals surface area contributed by atoms with Crippen LogP contribution in [-0.2, 0) is 21.4 Å². The number of benzene rings is 2. The number of aryl methyl sites for hydroxylation is 1. The summed E-state index contributed by atoms with van der Waals surface area (Å²) in [7, 11) is -3.69. The quantitative estimate of drug-likeness (QED) is 0.821. The molecule has 0 atom stereocenters. The molecule has 2 aromatic rings. The zero-order valence-corrected chi connectivity index (χ0v) is 13.5. The number of carbonyl (C=O) groups is 1. The van der Waals surface area contributed by atoms with Gasteiger partial charge in [0.15, 0.2) is 0 Å². The van der Waals surface area contributed by atoms with Crippen molar-refractivity contribution in [3.05, 3.63) is 71.3 Å². The molecule has 6 heteroatoms. The van der Waals surface area contributed by atoms with Crippen molar-refractivity contribution in [2.45, 2.75) is 18.4 Å². The smallest absolute Gasteiger partial charge is 0.244 e. The number of amides is 1. The maximum absolute atomic E-state index is 11.8. The van der Waals surface area contributed by atoms with Crippen molar-refractivity contribution in [1.82, 2.24) is 5.32 Å². The number of hydrogen-bond donors (Lipinski definition) is 2. The number of primary sulfonamides is 1. The van der Waals surface area contributed by atoms with Crippen molar-refractivity contribution >= 4 is 22.0 Å². The molecular formula is C17H18N2O3S. The molecule has 0 heterocycles. The Labute approximate surface area is 135 Å². The van der Waals surface area contributed by atoms with E-state index in [0.29, 0.717) is 6.54 Å². The van der Waals surface area contributed by atoms with Crippen molar-refractivity contribution in [2.24, 2.45) is 5.14 Å². The summed E-state index contributed by atoms with van der Waals surface area (Å²) < 4.78 is 22.3. The third kappa shape index (κ3) is 5.36. The predicted molar refractivity (Wildman–Crippen MR) is 89.9 cm³/mol. The van der Waals surface area contributed by atoms with Crippen molar-refractivity contribution in [2.75, 3.05) is 0 Å². The van der Waals surface area contributed by atoms with Crippen LogP contribution in [-0.4, -0.2) is 14.3 Å². The fourth-order valence-electron chi connectivity index (χ4n) is 1.89. The second-order valence-electron chi connectivity index (χ2n) is 5.15. The molecule has 0 unspecified atom stereocenters. The standard InChI is InChI=1S/C17H18N2O3S/c1-13-2-4-14(5-3-13)8-11-17(20)19-12-15-6-9-16(10-7-15)23(18,21)22/h2-11H,12H2,1H3,(H,19,20)(H2,18,21,22). The highest BCUT2D eigenvalue weighted by molar-refractivity contribution is 7.89. The fraction of sp³-hybridized carbons (Fsp3) is 0.118. The second-order valence-corrected chi connectivity index (χ2v) is 6.71. The molecule has 0 saturated heterocycles. The van der Waals surface area contributed by atoms with Gasteiger partial charge < -0.3 is 5.32 Å². The summed E-state index contributed by atoms with van der Waals surface area (Å²) >= 11 is 0. The average molecular weight is 330 g/mol. The number of nitrogens with two attached hydrogens (primary N) is 1. The van der Waals surface area contributed by atoms with Gasteiger partial charge >= 0.3 is 0 Å². The lowest BCUT2D eigenvalue weighted by Gasteiger charge is -2.04. The molecule has 1 amide bonds. The van der Waals surface area contributed by atoms with Gasteiger partial charge in [0.2, 0.25) is 15.9 Å². The SMILES string of the molecule is Cc1ccc(C=CC(=O)NCc2ccc(S(N)(=O)=O)cc2)cc1. The van der Waals surface area contributed by atoms with E-state index in [1.807, 2.05) is 31.2 Å². The van der Waals surface area contributed by atoms with Crippen molar-refractivity contribution < 1.29 is 13.2 Å². The van der Waals surface area contributed by atoms with E-state index in [1.54, 1.807) is 18.2 Å². The number of sulfonamides is 1. The van der Waals surface area contributed by atoms with Crippen LogP contribution in [0.1, 0.15) is 16.7 Å². The van der Waals surface area contributed by atoms with Gasteiger partial charge in [-0.25, -0.2) is 13.6 Å². The van der Waals surface area contributed by atoms with Crippen molar-refractivity contribution in [1.29, 1.82) is 0 Å². The lowest BCUT2D eigenvalue weighted by Crippen LogP contribution is -2.20. The Morgan fingerprint density at radius 1 is 1.09 bits per heavy atom. The molecule has 2 aromatic carbocycles. The van der Waals surface area contributed by atoms with Crippen LogP contribution in [0.4, 0.5) is 0 Å². The summed E-state index contributed by atoms with van der Waals surface area (Å²) in [5, 5.41) is 7.76. The van der Waals surface area contributed by atoms with Gasteiger partial charge in [0.25, 0.3) is 0 Å². The minimum Gasteiger partial charge on any atom is -0.348 e. The van der Waals surface area contributed by atoms with Crippen LogP contribution in [0.2, 0.25) is 0 Å². The molecule has 120 valence electrons. The van der Waals surface area contributed by atoms with Gasteiger partial charge in [0.05, 0.1) is 4.90 Å². The Morgan fingerprint density at radius 3 is 2.26 bits per heavy atom. The zero-order chi connectivity index (χ0) is 16.9. The highest BCUT2D eigenvalue weighted by Crippen LogP contribution is 2.08. The van der Waals surface area contributed by atoms with E-state index >= 15 is 0 Å². The first-order chi connectivity index (χ1) is 10.8. The number of hydrogen-bond acceptors (Lipinski definition) is 3. The van der Waals surface area contributed by atoms with Crippen molar-refractivity contribution in [3.63, 3.8) is 0 Å². The first-order valence-corrected chi connectivity index (χ1v) is 8.53. The average Bonchev–Trinajstić information content (AvgIpc) is 2.52. The topological polar surface area (TPSA) is 89.3 Å². The molecule has 0 aliphatic rings. The molecule has 0 fully saturated rings. The molecule has 2 rings (SSSR count). The van der Waals surface area contributed by atoms with E-state index < -0.39 is 10.0 Å². The lowest BCUT2D eigenvalue weighted by molar-refractivity contribution is -0.116. The molecule has 0 aromatic heterocycles. The van der Waals surface area contributed by atoms with Gasteiger partial charge in [-0.1, -0.05) is 42.0 Å². The fourth-order valence-corrected chi connectivity index (χ4v) is 2.41. The van der Waals surface area contributed by atoms with Crippen LogP contribution in [0.25, 0.3) is 6.08 Å². The molecule has 3 N–H and O–H groups in total. The lowest BCUT2D eigenvalue weighted by atomic mass is 10.1. The highest BCUT2D eigenvalue weighted by atomic mass is 32.2. The summed E-state index contributed by atoms with van der Waals surface area (Å²) in [5.41, 5.74) is 2.90. The van der Waals surface area contributed by atoms with Gasteiger partial charge in [-0.15, -0.1) is 0 Å². The minimum absolute atomic E-state index is 0.0480. The number of carbonyl (C=O) groups excluding carboxylic acids is 1. The van der Waals surface area contributed by atoms with Gasteiger partial charge in [-0.05, 0) is 36.3 Å². The van der Waals surface area contributed by atoms with Gasteiger partial charge in [-0.2, -0.15) is 0 Å². The maximum Gasteiger partial charge on any atom is 0.244 e. The van der Waals surface area contributed by atoms with Crippen LogP contribution < -0.4 is 10.5 Å². The monoisotopic (exact) mass is 330 g/mol. The van der Waals surface area contributed by atoms with Gasteiger partial charge in [0.1, 0.15) is 0 Å². The number of rotatable bonds is 5. The maximum atomic E-state index is 11.8. The second kappa shape index (κ2) is 7.21. The van der Waals surface area contributed by atoms with Crippen LogP contribution >= 0.6 is 0 Å². The van der Waals surface area contributed by atoms with E-state index in [2.05, 4.69) is 5.32 Å². The largest absolute Gasteiger partial charge is 0.348 e. The van der Waals surface area contributed by atoms with E-state index in [1.165, 1.54) is 18.2 Å². The summed E-state index contributed by atoms with van der Waals surface area (Å²) in [6, 6.07) is 13.9. The van der Waals surface area contributed by atoms with Crippen molar-refractivity contribution in [3.8, 4) is 0 Å². The first kappa shape index (κ1) is 16.9. The summed E-state index contributed by atoms with van der Waals surface area (Å²) in [6.07, 6.45) is 3.20. The van der Waals surface area contributed by atoms with E-state index in [4.69, 9.17) is 5.14 Å². The van der Waals surface area contributed by atoms with Gasteiger partial charge in [-0.3, -0.25) is 4.79 Å². The predicted octanol–water partition coefficient (Wildman–Crippen LogP) is 1.97. The molecule has 5 nitrogen and oxygen atoms in total. The summed E-state index contributed by atoms with van der Waals surface area (Å²) in [4.78, 5) is 11.8. The molecule has 0 bridgehead atoms. The number of nitrogens with one attached hydrogen (secondary N) is 1. The molecule has 0 radical (unpaired) electrons. The van der Waals surface area contributed by atoms with E-state index in [0.717, 1.165) is 16.7 Å². The van der Waals surface area contributed by atoms with Crippen LogP contribution in [0, 0.1) is 6.92 Å². The molecular weight excluding hydrogens is 312 g/mol. The Bertz CT molecular complexity index is 808. The Morgan fingerprint density at radius 2 is 1.70 bits per heavy atom. The zero-order valence-electron chi connectivity index (χ0n) is 12.7. The summed E-state index contributed by atoms with van der Waals surface area (Å²) in [6.45, 7) is 2.31. The summed E-state index contributed by atoms with van der Waals surface area (Å²) in [5.74, 6) is -0.221. The van der Waals surface area contributed by atoms with Gasteiger partial charge in [0, 0.05) is 12.6 Å². The normalized spacial score (nSPS) is 11.6. The Kier molecular flexibility index (Phi) is 5.31. The molecule has 23 heavy (non-hydrogen) atoms.